The van der Waals surface area contributed by atoms with Crippen LogP contribution in [0.5, 0.6) is 0 Å². The normalized spacial score (nSPS) is 16.2. The highest BCUT2D eigenvalue weighted by molar-refractivity contribution is 8.01. The number of halogens is 2. The van der Waals surface area contributed by atoms with Gasteiger partial charge in [-0.15, -0.1) is 11.8 Å². The molecule has 1 heterocycles. The smallest absolute Gasteiger partial charge is 0.238 e. The Kier molecular flexibility index (Phi) is 5.33. The molecule has 124 valence electrons. The van der Waals surface area contributed by atoms with Gasteiger partial charge in [0.2, 0.25) is 11.8 Å². The Balaban J connectivity index is 1.57. The van der Waals surface area contributed by atoms with E-state index in [0.717, 1.165) is 16.1 Å². The van der Waals surface area contributed by atoms with Gasteiger partial charge in [0.1, 0.15) is 0 Å². The van der Waals surface area contributed by atoms with Crippen molar-refractivity contribution < 1.29 is 9.59 Å². The lowest BCUT2D eigenvalue weighted by atomic mass is 10.2. The zero-order chi connectivity index (χ0) is 17.1. The highest BCUT2D eigenvalue weighted by Crippen LogP contribution is 2.36. The van der Waals surface area contributed by atoms with Gasteiger partial charge in [0.05, 0.1) is 21.0 Å². The molecule has 0 fully saturated rings. The van der Waals surface area contributed by atoms with Gasteiger partial charge in [-0.3, -0.25) is 9.59 Å². The van der Waals surface area contributed by atoms with E-state index in [9.17, 15) is 9.59 Å². The molecule has 1 aliphatic heterocycles. The van der Waals surface area contributed by atoms with Crippen molar-refractivity contribution in [1.82, 2.24) is 5.32 Å². The van der Waals surface area contributed by atoms with Crippen molar-refractivity contribution in [3.63, 3.8) is 0 Å². The highest BCUT2D eigenvalue weighted by Gasteiger charge is 2.28. The third-order valence-electron chi connectivity index (χ3n) is 3.55. The molecule has 1 atom stereocenters. The standard InChI is InChI=1S/C17H14Cl2N2O2S/c18-11-6-5-10(7-12(11)19)9-20-16(22)8-15-17(23)21-13-3-1-2-4-14(13)24-15/h1-7,15H,8-9H2,(H,20,22)(H,21,23)/t15-/m0/s1. The van der Waals surface area contributed by atoms with Crippen LogP contribution in [0.3, 0.4) is 0 Å². The summed E-state index contributed by atoms with van der Waals surface area (Å²) in [6.07, 6.45) is 0.117. The van der Waals surface area contributed by atoms with Crippen LogP contribution in [0, 0.1) is 0 Å². The molecule has 24 heavy (non-hydrogen) atoms. The van der Waals surface area contributed by atoms with Crippen molar-refractivity contribution in [2.45, 2.75) is 23.1 Å². The SMILES string of the molecule is O=C(C[C@@H]1Sc2ccccc2NC1=O)NCc1ccc(Cl)c(Cl)c1. The molecule has 0 aromatic heterocycles. The molecule has 3 rings (SSSR count). The minimum atomic E-state index is -0.436. The average molecular weight is 381 g/mol. The van der Waals surface area contributed by atoms with Gasteiger partial charge in [-0.2, -0.15) is 0 Å². The van der Waals surface area contributed by atoms with Crippen molar-refractivity contribution in [2.75, 3.05) is 5.32 Å². The Hall–Kier alpha value is -1.69. The van der Waals surface area contributed by atoms with Gasteiger partial charge < -0.3 is 10.6 Å². The van der Waals surface area contributed by atoms with Gasteiger partial charge in [-0.25, -0.2) is 0 Å². The van der Waals surface area contributed by atoms with Crippen LogP contribution in [0.2, 0.25) is 10.0 Å². The molecule has 0 aliphatic carbocycles. The largest absolute Gasteiger partial charge is 0.352 e. The number of hydrogen-bond donors (Lipinski definition) is 2. The summed E-state index contributed by atoms with van der Waals surface area (Å²) in [5, 5.41) is 6.12. The zero-order valence-electron chi connectivity index (χ0n) is 12.5. The number of anilines is 1. The van der Waals surface area contributed by atoms with E-state index in [1.165, 1.54) is 11.8 Å². The fourth-order valence-electron chi connectivity index (χ4n) is 2.32. The lowest BCUT2D eigenvalue weighted by Crippen LogP contribution is -2.34. The summed E-state index contributed by atoms with van der Waals surface area (Å²) < 4.78 is 0. The summed E-state index contributed by atoms with van der Waals surface area (Å²) in [7, 11) is 0. The molecule has 7 heteroatoms. The van der Waals surface area contributed by atoms with E-state index in [1.54, 1.807) is 18.2 Å². The van der Waals surface area contributed by atoms with Crippen molar-refractivity contribution >= 4 is 52.5 Å². The predicted octanol–water partition coefficient (Wildman–Crippen LogP) is 4.11. The van der Waals surface area contributed by atoms with Crippen LogP contribution in [0.4, 0.5) is 5.69 Å². The second-order valence-electron chi connectivity index (χ2n) is 5.32. The number of hydrogen-bond acceptors (Lipinski definition) is 3. The molecule has 0 saturated carbocycles. The maximum atomic E-state index is 12.1. The average Bonchev–Trinajstić information content (AvgIpc) is 2.56. The van der Waals surface area contributed by atoms with Crippen molar-refractivity contribution in [3.05, 3.63) is 58.1 Å². The number of nitrogens with one attached hydrogen (secondary N) is 2. The maximum absolute atomic E-state index is 12.1. The number of amides is 2. The quantitative estimate of drug-likeness (QED) is 0.838. The van der Waals surface area contributed by atoms with Gasteiger partial charge >= 0.3 is 0 Å². The van der Waals surface area contributed by atoms with E-state index >= 15 is 0 Å². The second kappa shape index (κ2) is 7.47. The van der Waals surface area contributed by atoms with Crippen LogP contribution in [-0.2, 0) is 16.1 Å². The van der Waals surface area contributed by atoms with Crippen molar-refractivity contribution in [2.24, 2.45) is 0 Å². The molecule has 0 unspecified atom stereocenters. The van der Waals surface area contributed by atoms with Crippen molar-refractivity contribution in [3.8, 4) is 0 Å². The van der Waals surface area contributed by atoms with Gasteiger partial charge in [0.15, 0.2) is 0 Å². The molecule has 2 N–H and O–H groups in total. The monoisotopic (exact) mass is 380 g/mol. The summed E-state index contributed by atoms with van der Waals surface area (Å²) in [4.78, 5) is 25.2. The van der Waals surface area contributed by atoms with Gasteiger partial charge in [0.25, 0.3) is 0 Å². The van der Waals surface area contributed by atoms with E-state index in [-0.39, 0.29) is 18.2 Å². The van der Waals surface area contributed by atoms with E-state index < -0.39 is 5.25 Å². The molecule has 0 saturated heterocycles. The molecule has 1 aliphatic rings. The lowest BCUT2D eigenvalue weighted by Gasteiger charge is -2.23. The number of carbonyl (C=O) groups excluding carboxylic acids is 2. The molecular weight excluding hydrogens is 367 g/mol. The molecule has 0 radical (unpaired) electrons. The first-order chi connectivity index (χ1) is 11.5. The van der Waals surface area contributed by atoms with Crippen molar-refractivity contribution in [1.29, 1.82) is 0 Å². The van der Waals surface area contributed by atoms with E-state index in [1.807, 2.05) is 24.3 Å². The minimum absolute atomic E-state index is 0.117. The zero-order valence-corrected chi connectivity index (χ0v) is 14.8. The highest BCUT2D eigenvalue weighted by atomic mass is 35.5. The Bertz CT molecular complexity index is 798. The number of thioether (sulfide) groups is 1. The number of para-hydroxylation sites is 1. The maximum Gasteiger partial charge on any atom is 0.238 e. The van der Waals surface area contributed by atoms with Crippen LogP contribution in [0.1, 0.15) is 12.0 Å². The Morgan fingerprint density at radius 3 is 2.75 bits per heavy atom. The molecule has 2 aromatic carbocycles. The molecule has 2 aromatic rings. The lowest BCUT2D eigenvalue weighted by molar-refractivity contribution is -0.124. The van der Waals surface area contributed by atoms with Gasteiger partial charge in [0, 0.05) is 17.9 Å². The number of benzene rings is 2. The molecular formula is C17H14Cl2N2O2S. The van der Waals surface area contributed by atoms with E-state index in [0.29, 0.717) is 16.6 Å². The third kappa shape index (κ3) is 4.04. The topological polar surface area (TPSA) is 58.2 Å². The first-order valence-corrected chi connectivity index (χ1v) is 8.93. The van der Waals surface area contributed by atoms with Gasteiger partial charge in [-0.05, 0) is 29.8 Å². The van der Waals surface area contributed by atoms with E-state index in [4.69, 9.17) is 23.2 Å². The molecule has 4 nitrogen and oxygen atoms in total. The van der Waals surface area contributed by atoms with Crippen LogP contribution in [0.15, 0.2) is 47.4 Å². The number of carbonyl (C=O) groups is 2. The van der Waals surface area contributed by atoms with Gasteiger partial charge in [-0.1, -0.05) is 41.4 Å². The molecule has 0 spiro atoms. The predicted molar refractivity (Wildman–Crippen MR) is 97.6 cm³/mol. The Morgan fingerprint density at radius 1 is 1.17 bits per heavy atom. The van der Waals surface area contributed by atoms with Crippen LogP contribution in [-0.4, -0.2) is 17.1 Å². The third-order valence-corrected chi connectivity index (χ3v) is 5.57. The summed E-state index contributed by atoms with van der Waals surface area (Å²) in [5.41, 5.74) is 1.64. The summed E-state index contributed by atoms with van der Waals surface area (Å²) >= 11 is 13.2. The summed E-state index contributed by atoms with van der Waals surface area (Å²) in [6, 6.07) is 12.7. The first kappa shape index (κ1) is 17.1. The second-order valence-corrected chi connectivity index (χ2v) is 7.38. The van der Waals surface area contributed by atoms with Crippen LogP contribution in [0.25, 0.3) is 0 Å². The summed E-state index contributed by atoms with van der Waals surface area (Å²) in [5.74, 6) is -0.337. The van der Waals surface area contributed by atoms with Crippen LogP contribution < -0.4 is 10.6 Å². The fourth-order valence-corrected chi connectivity index (χ4v) is 3.75. The minimum Gasteiger partial charge on any atom is -0.352 e. The van der Waals surface area contributed by atoms with Crippen LogP contribution >= 0.6 is 35.0 Å². The van der Waals surface area contributed by atoms with E-state index in [2.05, 4.69) is 10.6 Å². The number of fused-ring (bicyclic) bond motifs is 1. The number of rotatable bonds is 4. The Morgan fingerprint density at radius 2 is 1.96 bits per heavy atom. The molecule has 2 amide bonds. The fraction of sp³-hybridized carbons (Fsp3) is 0.176. The Labute approximate surface area is 153 Å². The first-order valence-electron chi connectivity index (χ1n) is 7.30. The molecule has 0 bridgehead atoms. The summed E-state index contributed by atoms with van der Waals surface area (Å²) in [6.45, 7) is 0.339.